The molecule has 1 unspecified atom stereocenters. The van der Waals surface area contributed by atoms with Crippen LogP contribution < -0.4 is 5.32 Å². The smallest absolute Gasteiger partial charge is 0.317 e. The Bertz CT molecular complexity index is 285. The van der Waals surface area contributed by atoms with Gasteiger partial charge in [0.05, 0.1) is 18.1 Å². The predicted octanol–water partition coefficient (Wildman–Crippen LogP) is -0.905. The molecule has 0 aromatic rings. The molecule has 1 atom stereocenters. The molecule has 0 bridgehead atoms. The first-order valence-corrected chi connectivity index (χ1v) is 5.95. The number of hydrogen-bond acceptors (Lipinski definition) is 4. The van der Waals surface area contributed by atoms with Crippen LogP contribution in [0.1, 0.15) is 6.42 Å². The summed E-state index contributed by atoms with van der Waals surface area (Å²) in [6.45, 7) is 0.377. The van der Waals surface area contributed by atoms with Gasteiger partial charge in [0.25, 0.3) is 0 Å². The topological polar surface area (TPSA) is 83.5 Å². The average Bonchev–Trinajstić information content (AvgIpc) is 2.29. The van der Waals surface area contributed by atoms with Crippen LogP contribution in [-0.2, 0) is 14.6 Å². The van der Waals surface area contributed by atoms with Gasteiger partial charge in [-0.1, -0.05) is 0 Å². The molecule has 6 heteroatoms. The second-order valence-electron chi connectivity index (χ2n) is 3.29. The zero-order valence-corrected chi connectivity index (χ0v) is 8.01. The monoisotopic (exact) mass is 207 g/mol. The van der Waals surface area contributed by atoms with E-state index in [1.54, 1.807) is 0 Å². The van der Waals surface area contributed by atoms with Gasteiger partial charge in [0.1, 0.15) is 0 Å². The molecule has 1 saturated heterocycles. The van der Waals surface area contributed by atoms with Crippen molar-refractivity contribution in [3.8, 4) is 0 Å². The summed E-state index contributed by atoms with van der Waals surface area (Å²) >= 11 is 0. The van der Waals surface area contributed by atoms with Crippen LogP contribution in [0.2, 0.25) is 0 Å². The Morgan fingerprint density at radius 2 is 2.23 bits per heavy atom. The third-order valence-electron chi connectivity index (χ3n) is 2.04. The Kier molecular flexibility index (Phi) is 3.27. The summed E-state index contributed by atoms with van der Waals surface area (Å²) in [5.41, 5.74) is 0. The number of sulfone groups is 1. The van der Waals surface area contributed by atoms with E-state index in [0.29, 0.717) is 13.0 Å². The highest BCUT2D eigenvalue weighted by Gasteiger charge is 2.27. The Labute approximate surface area is 77.1 Å². The van der Waals surface area contributed by atoms with Crippen LogP contribution in [0, 0.1) is 5.92 Å². The van der Waals surface area contributed by atoms with E-state index in [0.717, 1.165) is 0 Å². The predicted molar refractivity (Wildman–Crippen MR) is 47.3 cm³/mol. The molecule has 0 amide bonds. The SMILES string of the molecule is O=C(O)CNCC1CCS(=O)(=O)C1. The Hall–Kier alpha value is -0.620. The maximum Gasteiger partial charge on any atom is 0.317 e. The normalized spacial score (nSPS) is 26.0. The van der Waals surface area contributed by atoms with Crippen LogP contribution in [0.25, 0.3) is 0 Å². The summed E-state index contributed by atoms with van der Waals surface area (Å²) in [7, 11) is -2.83. The number of carbonyl (C=O) groups is 1. The van der Waals surface area contributed by atoms with Crippen LogP contribution in [0.4, 0.5) is 0 Å². The van der Waals surface area contributed by atoms with Gasteiger partial charge >= 0.3 is 5.97 Å². The van der Waals surface area contributed by atoms with E-state index < -0.39 is 15.8 Å². The lowest BCUT2D eigenvalue weighted by Crippen LogP contribution is -2.28. The molecule has 1 rings (SSSR count). The fraction of sp³-hybridized carbons (Fsp3) is 0.857. The first-order chi connectivity index (χ1) is 5.99. The highest BCUT2D eigenvalue weighted by Crippen LogP contribution is 2.16. The Morgan fingerprint density at radius 3 is 2.69 bits per heavy atom. The summed E-state index contributed by atoms with van der Waals surface area (Å²) in [6.07, 6.45) is 0.648. The van der Waals surface area contributed by atoms with Gasteiger partial charge in [-0.15, -0.1) is 0 Å². The molecule has 1 aliphatic rings. The molecule has 0 aliphatic carbocycles. The highest BCUT2D eigenvalue weighted by atomic mass is 32.2. The minimum Gasteiger partial charge on any atom is -0.480 e. The molecule has 13 heavy (non-hydrogen) atoms. The van der Waals surface area contributed by atoms with E-state index in [-0.39, 0.29) is 24.0 Å². The minimum atomic E-state index is -2.83. The van der Waals surface area contributed by atoms with E-state index in [9.17, 15) is 13.2 Å². The fourth-order valence-electron chi connectivity index (χ4n) is 1.42. The van der Waals surface area contributed by atoms with Gasteiger partial charge < -0.3 is 10.4 Å². The van der Waals surface area contributed by atoms with E-state index in [1.165, 1.54) is 0 Å². The molecule has 1 fully saturated rings. The maximum absolute atomic E-state index is 11.0. The molecule has 0 saturated carbocycles. The van der Waals surface area contributed by atoms with Crippen LogP contribution in [0.5, 0.6) is 0 Å². The third-order valence-corrected chi connectivity index (χ3v) is 3.87. The van der Waals surface area contributed by atoms with Crippen molar-refractivity contribution in [2.45, 2.75) is 6.42 Å². The molecule has 5 nitrogen and oxygen atoms in total. The Morgan fingerprint density at radius 1 is 1.54 bits per heavy atom. The lowest BCUT2D eigenvalue weighted by Gasteiger charge is -2.06. The van der Waals surface area contributed by atoms with Gasteiger partial charge in [-0.05, 0) is 18.9 Å². The van der Waals surface area contributed by atoms with E-state index in [2.05, 4.69) is 5.32 Å². The van der Waals surface area contributed by atoms with Gasteiger partial charge in [-0.2, -0.15) is 0 Å². The van der Waals surface area contributed by atoms with Gasteiger partial charge in [0.15, 0.2) is 9.84 Å². The zero-order chi connectivity index (χ0) is 9.90. The average molecular weight is 207 g/mol. The largest absolute Gasteiger partial charge is 0.480 e. The summed E-state index contributed by atoms with van der Waals surface area (Å²) in [5.74, 6) is -0.392. The molecular formula is C7H13NO4S. The number of hydrogen-bond donors (Lipinski definition) is 2. The van der Waals surface area contributed by atoms with Crippen molar-refractivity contribution >= 4 is 15.8 Å². The zero-order valence-electron chi connectivity index (χ0n) is 7.19. The molecule has 76 valence electrons. The van der Waals surface area contributed by atoms with Crippen molar-refractivity contribution in [3.63, 3.8) is 0 Å². The van der Waals surface area contributed by atoms with Crippen LogP contribution >= 0.6 is 0 Å². The number of carboxylic acid groups (broad SMARTS) is 1. The quantitative estimate of drug-likeness (QED) is 0.624. The highest BCUT2D eigenvalue weighted by molar-refractivity contribution is 7.91. The van der Waals surface area contributed by atoms with Gasteiger partial charge in [0.2, 0.25) is 0 Å². The lowest BCUT2D eigenvalue weighted by atomic mass is 10.1. The first-order valence-electron chi connectivity index (χ1n) is 4.12. The second kappa shape index (κ2) is 4.06. The van der Waals surface area contributed by atoms with Crippen molar-refractivity contribution in [3.05, 3.63) is 0 Å². The molecule has 0 aromatic carbocycles. The van der Waals surface area contributed by atoms with Crippen molar-refractivity contribution < 1.29 is 18.3 Å². The number of carboxylic acids is 1. The second-order valence-corrected chi connectivity index (χ2v) is 5.52. The lowest BCUT2D eigenvalue weighted by molar-refractivity contribution is -0.135. The third kappa shape index (κ3) is 3.73. The Balaban J connectivity index is 2.22. The summed E-state index contributed by atoms with van der Waals surface area (Å²) in [4.78, 5) is 10.1. The summed E-state index contributed by atoms with van der Waals surface area (Å²) in [6, 6.07) is 0. The van der Waals surface area contributed by atoms with Crippen molar-refractivity contribution in [2.24, 2.45) is 5.92 Å². The minimum absolute atomic E-state index is 0.0874. The number of rotatable bonds is 4. The summed E-state index contributed by atoms with van der Waals surface area (Å²) in [5, 5.41) is 11.0. The maximum atomic E-state index is 11.0. The van der Waals surface area contributed by atoms with E-state index >= 15 is 0 Å². The van der Waals surface area contributed by atoms with E-state index in [1.807, 2.05) is 0 Å². The number of aliphatic carboxylic acids is 1. The molecule has 0 radical (unpaired) electrons. The van der Waals surface area contributed by atoms with Crippen molar-refractivity contribution in [2.75, 3.05) is 24.6 Å². The summed E-state index contributed by atoms with van der Waals surface area (Å²) < 4.78 is 22.0. The molecule has 1 aliphatic heterocycles. The molecule has 0 spiro atoms. The molecule has 2 N–H and O–H groups in total. The standard InChI is InChI=1S/C7H13NO4S/c9-7(10)4-8-3-6-1-2-13(11,12)5-6/h6,8H,1-5H2,(H,9,10). The van der Waals surface area contributed by atoms with Gasteiger partial charge in [-0.3, -0.25) is 4.79 Å². The van der Waals surface area contributed by atoms with E-state index in [4.69, 9.17) is 5.11 Å². The van der Waals surface area contributed by atoms with Crippen LogP contribution in [-0.4, -0.2) is 44.1 Å². The molecular weight excluding hydrogens is 194 g/mol. The van der Waals surface area contributed by atoms with Gasteiger partial charge in [-0.25, -0.2) is 8.42 Å². The van der Waals surface area contributed by atoms with Crippen molar-refractivity contribution in [1.29, 1.82) is 0 Å². The number of nitrogens with one attached hydrogen (secondary N) is 1. The first kappa shape index (κ1) is 10.5. The van der Waals surface area contributed by atoms with Crippen LogP contribution in [0.15, 0.2) is 0 Å². The van der Waals surface area contributed by atoms with Crippen molar-refractivity contribution in [1.82, 2.24) is 5.32 Å². The van der Waals surface area contributed by atoms with Crippen LogP contribution in [0.3, 0.4) is 0 Å². The van der Waals surface area contributed by atoms with Gasteiger partial charge in [0, 0.05) is 0 Å². The molecule has 0 aromatic heterocycles. The fourth-order valence-corrected chi connectivity index (χ4v) is 3.28. The molecule has 1 heterocycles.